The Morgan fingerprint density at radius 1 is 1.39 bits per heavy atom. The number of rotatable bonds is 4. The average molecular weight is 365 g/mol. The van der Waals surface area contributed by atoms with Crippen LogP contribution in [0.4, 0.5) is 9.18 Å². The van der Waals surface area contributed by atoms with E-state index in [2.05, 4.69) is 5.32 Å². The fourth-order valence-electron chi connectivity index (χ4n) is 2.19. The van der Waals surface area contributed by atoms with Crippen LogP contribution in [0.5, 0.6) is 0 Å². The van der Waals surface area contributed by atoms with Gasteiger partial charge in [0.25, 0.3) is 0 Å². The summed E-state index contributed by atoms with van der Waals surface area (Å²) >= 11 is 11.7. The maximum Gasteiger partial charge on any atom is 0.317 e. The van der Waals surface area contributed by atoms with E-state index in [1.165, 1.54) is 17.0 Å². The number of nitrogens with zero attached hydrogens (tertiary/aromatic N) is 1. The predicted octanol–water partition coefficient (Wildman–Crippen LogP) is 2.69. The number of hydrogen-bond acceptors (Lipinski definition) is 3. The van der Waals surface area contributed by atoms with E-state index in [1.54, 1.807) is 0 Å². The molecule has 6 nitrogen and oxygen atoms in total. The van der Waals surface area contributed by atoms with Gasteiger partial charge in [-0.1, -0.05) is 23.2 Å². The van der Waals surface area contributed by atoms with Crippen molar-refractivity contribution in [1.82, 2.24) is 10.2 Å². The lowest BCUT2D eigenvalue weighted by molar-refractivity contribution is -0.136. The first-order valence-corrected chi connectivity index (χ1v) is 7.64. The molecule has 1 unspecified atom stereocenters. The molecule has 0 aromatic heterocycles. The van der Waals surface area contributed by atoms with Gasteiger partial charge in [-0.3, -0.25) is 4.79 Å². The molecule has 1 aromatic rings. The van der Waals surface area contributed by atoms with E-state index in [0.717, 1.165) is 0 Å². The number of benzene rings is 1. The Balaban J connectivity index is 2.02. The van der Waals surface area contributed by atoms with Gasteiger partial charge in [-0.2, -0.15) is 0 Å². The Morgan fingerprint density at radius 2 is 2.13 bits per heavy atom. The van der Waals surface area contributed by atoms with Crippen molar-refractivity contribution in [3.05, 3.63) is 33.6 Å². The summed E-state index contributed by atoms with van der Waals surface area (Å²) in [4.78, 5) is 23.9. The van der Waals surface area contributed by atoms with Crippen LogP contribution in [0, 0.1) is 5.82 Å². The van der Waals surface area contributed by atoms with Gasteiger partial charge in [0, 0.05) is 23.7 Å². The minimum atomic E-state index is -0.992. The molecule has 0 radical (unpaired) electrons. The molecule has 9 heteroatoms. The summed E-state index contributed by atoms with van der Waals surface area (Å²) in [6.07, 6.45) is -0.735. The highest BCUT2D eigenvalue weighted by molar-refractivity contribution is 6.35. The van der Waals surface area contributed by atoms with Crippen LogP contribution in [0.15, 0.2) is 12.1 Å². The fraction of sp³-hybridized carbons (Fsp3) is 0.429. The van der Waals surface area contributed by atoms with Crippen molar-refractivity contribution < 1.29 is 23.8 Å². The number of hydrogen-bond donors (Lipinski definition) is 2. The predicted molar refractivity (Wildman–Crippen MR) is 82.3 cm³/mol. The van der Waals surface area contributed by atoms with Crippen molar-refractivity contribution in [2.24, 2.45) is 0 Å². The lowest BCUT2D eigenvalue weighted by atomic mass is 10.1. The van der Waals surface area contributed by atoms with Crippen LogP contribution in [0.3, 0.4) is 0 Å². The number of halogens is 3. The molecule has 2 N–H and O–H groups in total. The monoisotopic (exact) mass is 364 g/mol. The Kier molecular flexibility index (Phi) is 6.04. The van der Waals surface area contributed by atoms with Crippen molar-refractivity contribution in [2.75, 3.05) is 26.2 Å². The second kappa shape index (κ2) is 7.81. The van der Waals surface area contributed by atoms with Crippen LogP contribution in [-0.2, 0) is 9.53 Å². The van der Waals surface area contributed by atoms with Gasteiger partial charge >= 0.3 is 12.0 Å². The van der Waals surface area contributed by atoms with E-state index in [0.29, 0.717) is 12.1 Å². The highest BCUT2D eigenvalue weighted by atomic mass is 35.5. The third-order valence-electron chi connectivity index (χ3n) is 3.36. The normalized spacial score (nSPS) is 17.9. The largest absolute Gasteiger partial charge is 0.481 e. The zero-order chi connectivity index (χ0) is 17.0. The molecular formula is C14H15Cl2FN2O4. The number of amides is 2. The van der Waals surface area contributed by atoms with Crippen LogP contribution < -0.4 is 5.32 Å². The topological polar surface area (TPSA) is 78.9 Å². The zero-order valence-electron chi connectivity index (χ0n) is 12.0. The van der Waals surface area contributed by atoms with Crippen LogP contribution in [-0.4, -0.2) is 48.2 Å². The van der Waals surface area contributed by atoms with Crippen molar-refractivity contribution >= 4 is 35.2 Å². The van der Waals surface area contributed by atoms with Gasteiger partial charge in [0.15, 0.2) is 0 Å². The van der Waals surface area contributed by atoms with Crippen molar-refractivity contribution in [1.29, 1.82) is 0 Å². The fourth-order valence-corrected chi connectivity index (χ4v) is 2.70. The summed E-state index contributed by atoms with van der Waals surface area (Å²) in [5.74, 6) is -1.61. The van der Waals surface area contributed by atoms with E-state index >= 15 is 0 Å². The molecule has 0 aliphatic carbocycles. The molecule has 126 valence electrons. The van der Waals surface area contributed by atoms with Gasteiger partial charge in [0.2, 0.25) is 0 Å². The molecule has 1 aliphatic rings. The molecule has 1 atom stereocenters. The first-order chi connectivity index (χ1) is 10.9. The lowest BCUT2D eigenvalue weighted by Gasteiger charge is -2.33. The first kappa shape index (κ1) is 17.8. The third kappa shape index (κ3) is 4.70. The maximum absolute atomic E-state index is 13.6. The molecule has 1 saturated heterocycles. The molecule has 0 bridgehead atoms. The zero-order valence-corrected chi connectivity index (χ0v) is 13.5. The highest BCUT2D eigenvalue weighted by Gasteiger charge is 2.27. The molecular weight excluding hydrogens is 350 g/mol. The summed E-state index contributed by atoms with van der Waals surface area (Å²) < 4.78 is 19.2. The molecule has 23 heavy (non-hydrogen) atoms. The second-order valence-electron chi connectivity index (χ2n) is 4.97. The van der Waals surface area contributed by atoms with E-state index < -0.39 is 23.9 Å². The quantitative estimate of drug-likeness (QED) is 0.805. The number of carbonyl (C=O) groups is 2. The van der Waals surface area contributed by atoms with E-state index in [-0.39, 0.29) is 36.2 Å². The van der Waals surface area contributed by atoms with E-state index in [4.69, 9.17) is 33.0 Å². The maximum atomic E-state index is 13.6. The van der Waals surface area contributed by atoms with E-state index in [9.17, 15) is 14.0 Å². The number of carboxylic acid groups (broad SMARTS) is 1. The summed E-state index contributed by atoms with van der Waals surface area (Å²) in [6, 6.07) is 2.09. The minimum absolute atomic E-state index is 0.0342. The Labute approximate surface area is 142 Å². The van der Waals surface area contributed by atoms with Gasteiger partial charge in [-0.25, -0.2) is 9.18 Å². The second-order valence-corrected chi connectivity index (χ2v) is 5.78. The molecule has 2 rings (SSSR count). The third-order valence-corrected chi connectivity index (χ3v) is 3.97. The summed E-state index contributed by atoms with van der Waals surface area (Å²) in [5.41, 5.74) is 0.414. The van der Waals surface area contributed by atoms with Gasteiger partial charge in [0.1, 0.15) is 11.9 Å². The lowest BCUT2D eigenvalue weighted by Crippen LogP contribution is -2.47. The van der Waals surface area contributed by atoms with Crippen LogP contribution >= 0.6 is 23.2 Å². The molecule has 1 heterocycles. The number of nitrogens with one attached hydrogen (secondary N) is 1. The van der Waals surface area contributed by atoms with Crippen molar-refractivity contribution in [2.45, 2.75) is 12.5 Å². The van der Waals surface area contributed by atoms with Crippen molar-refractivity contribution in [3.8, 4) is 0 Å². The minimum Gasteiger partial charge on any atom is -0.481 e. The Bertz CT molecular complexity index is 615. The smallest absolute Gasteiger partial charge is 0.317 e. The number of aliphatic carboxylic acids is 1. The van der Waals surface area contributed by atoms with Gasteiger partial charge < -0.3 is 20.1 Å². The number of carboxylic acids is 1. The van der Waals surface area contributed by atoms with Gasteiger partial charge in [-0.05, 0) is 12.1 Å². The summed E-state index contributed by atoms with van der Waals surface area (Å²) in [6.45, 7) is 0.826. The highest BCUT2D eigenvalue weighted by Crippen LogP contribution is 2.32. The Hall–Kier alpha value is -1.57. The SMILES string of the molecule is O=C(O)CCNC(=O)N1CCOC(c2cc(F)c(Cl)cc2Cl)C1. The molecule has 1 aliphatic heterocycles. The summed E-state index contributed by atoms with van der Waals surface area (Å²) in [7, 11) is 0. The number of urea groups is 1. The Morgan fingerprint density at radius 3 is 2.83 bits per heavy atom. The van der Waals surface area contributed by atoms with Crippen LogP contribution in [0.2, 0.25) is 10.0 Å². The molecule has 1 aromatic carbocycles. The molecule has 2 amide bonds. The molecule has 1 fully saturated rings. The standard InChI is InChI=1S/C14H15Cl2FN2O4/c15-9-6-10(16)11(17)5-8(9)12-7-19(3-4-23-12)14(22)18-2-1-13(20)21/h5-6,12H,1-4,7H2,(H,18,22)(H,20,21). The number of carbonyl (C=O) groups excluding carboxylic acids is 1. The molecule has 0 saturated carbocycles. The average Bonchev–Trinajstić information content (AvgIpc) is 2.50. The van der Waals surface area contributed by atoms with Gasteiger partial charge in [-0.15, -0.1) is 0 Å². The van der Waals surface area contributed by atoms with Crippen LogP contribution in [0.25, 0.3) is 0 Å². The number of ether oxygens (including phenoxy) is 1. The van der Waals surface area contributed by atoms with E-state index in [1.807, 2.05) is 0 Å². The number of morpholine rings is 1. The van der Waals surface area contributed by atoms with Crippen molar-refractivity contribution in [3.63, 3.8) is 0 Å². The summed E-state index contributed by atoms with van der Waals surface area (Å²) in [5, 5.41) is 11.2. The van der Waals surface area contributed by atoms with Crippen LogP contribution in [0.1, 0.15) is 18.1 Å². The molecule has 0 spiro atoms. The van der Waals surface area contributed by atoms with Gasteiger partial charge in [0.05, 0.1) is 24.6 Å². The first-order valence-electron chi connectivity index (χ1n) is 6.89.